The zero-order chi connectivity index (χ0) is 15.3. The van der Waals surface area contributed by atoms with Gasteiger partial charge in [-0.2, -0.15) is 0 Å². The van der Waals surface area contributed by atoms with Crippen LogP contribution in [0, 0.1) is 11.7 Å². The molecule has 1 aliphatic heterocycles. The van der Waals surface area contributed by atoms with E-state index in [9.17, 15) is 12.8 Å². The van der Waals surface area contributed by atoms with Gasteiger partial charge in [-0.3, -0.25) is 0 Å². The van der Waals surface area contributed by atoms with E-state index in [1.54, 1.807) is 16.4 Å². The van der Waals surface area contributed by atoms with Crippen molar-refractivity contribution < 1.29 is 12.8 Å². The van der Waals surface area contributed by atoms with Crippen molar-refractivity contribution in [1.29, 1.82) is 0 Å². The van der Waals surface area contributed by atoms with Crippen molar-refractivity contribution in [1.82, 2.24) is 4.31 Å². The van der Waals surface area contributed by atoms with Crippen LogP contribution in [0.1, 0.15) is 24.8 Å². The number of aryl methyl sites for hydroxylation is 1. The molecule has 1 atom stereocenters. The molecule has 0 radical (unpaired) electrons. The Hall–Kier alpha value is -1.20. The first-order valence-electron chi connectivity index (χ1n) is 7.34. The van der Waals surface area contributed by atoms with Crippen molar-refractivity contribution in [3.63, 3.8) is 0 Å². The maximum Gasteiger partial charge on any atom is 0.217 e. The summed E-state index contributed by atoms with van der Waals surface area (Å²) in [7, 11) is -3.20. The number of piperidine rings is 1. The van der Waals surface area contributed by atoms with E-state index in [2.05, 4.69) is 6.58 Å². The van der Waals surface area contributed by atoms with Crippen molar-refractivity contribution >= 4 is 10.0 Å². The smallest absolute Gasteiger partial charge is 0.212 e. The average Bonchev–Trinajstić information content (AvgIpc) is 2.45. The molecule has 116 valence electrons. The average molecular weight is 311 g/mol. The van der Waals surface area contributed by atoms with Crippen molar-refractivity contribution in [3.05, 3.63) is 48.3 Å². The van der Waals surface area contributed by atoms with Gasteiger partial charge < -0.3 is 0 Å². The lowest BCUT2D eigenvalue weighted by molar-refractivity contribution is 0.256. The van der Waals surface area contributed by atoms with Crippen LogP contribution in [0.25, 0.3) is 0 Å². The molecule has 1 aliphatic rings. The lowest BCUT2D eigenvalue weighted by Crippen LogP contribution is -2.40. The molecule has 0 bridgehead atoms. The molecule has 0 spiro atoms. The SMILES string of the molecule is C=CCS(=O)(=O)N1CCC[C@@H](CCc2cccc(F)c2)C1. The molecule has 0 amide bonds. The molecule has 0 aromatic heterocycles. The summed E-state index contributed by atoms with van der Waals surface area (Å²) < 4.78 is 38.8. The molecule has 2 rings (SSSR count). The van der Waals surface area contributed by atoms with Crippen LogP contribution < -0.4 is 0 Å². The highest BCUT2D eigenvalue weighted by molar-refractivity contribution is 7.89. The van der Waals surface area contributed by atoms with E-state index in [4.69, 9.17) is 0 Å². The van der Waals surface area contributed by atoms with Gasteiger partial charge in [0.2, 0.25) is 10.0 Å². The fourth-order valence-corrected chi connectivity index (χ4v) is 4.19. The van der Waals surface area contributed by atoms with Crippen LogP contribution in [0.2, 0.25) is 0 Å². The second kappa shape index (κ2) is 7.18. The first-order chi connectivity index (χ1) is 10.0. The summed E-state index contributed by atoms with van der Waals surface area (Å²) in [6, 6.07) is 6.62. The van der Waals surface area contributed by atoms with E-state index in [-0.39, 0.29) is 11.6 Å². The molecule has 3 nitrogen and oxygen atoms in total. The van der Waals surface area contributed by atoms with Gasteiger partial charge in [0.15, 0.2) is 0 Å². The fraction of sp³-hybridized carbons (Fsp3) is 0.500. The normalized spacial score (nSPS) is 20.3. The van der Waals surface area contributed by atoms with Crippen molar-refractivity contribution in [3.8, 4) is 0 Å². The lowest BCUT2D eigenvalue weighted by atomic mass is 9.93. The van der Waals surface area contributed by atoms with Crippen molar-refractivity contribution in [2.75, 3.05) is 18.8 Å². The molecule has 5 heteroatoms. The highest BCUT2D eigenvalue weighted by atomic mass is 32.2. The number of hydrogen-bond donors (Lipinski definition) is 0. The maximum atomic E-state index is 13.1. The zero-order valence-electron chi connectivity index (χ0n) is 12.2. The Balaban J connectivity index is 1.91. The summed E-state index contributed by atoms with van der Waals surface area (Å²) in [5, 5.41) is 0. The highest BCUT2D eigenvalue weighted by Crippen LogP contribution is 2.23. The minimum atomic E-state index is -3.20. The number of benzene rings is 1. The monoisotopic (exact) mass is 311 g/mol. The Bertz CT molecular complexity index is 586. The second-order valence-electron chi connectivity index (χ2n) is 5.60. The molecule has 1 fully saturated rings. The summed E-state index contributed by atoms with van der Waals surface area (Å²) in [6.07, 6.45) is 5.05. The van der Waals surface area contributed by atoms with Crippen LogP contribution in [0.15, 0.2) is 36.9 Å². The summed E-state index contributed by atoms with van der Waals surface area (Å²) in [5.41, 5.74) is 0.973. The van der Waals surface area contributed by atoms with Gasteiger partial charge >= 0.3 is 0 Å². The number of halogens is 1. The zero-order valence-corrected chi connectivity index (χ0v) is 13.0. The Kier molecular flexibility index (Phi) is 5.53. The molecule has 0 N–H and O–H groups in total. The van der Waals surface area contributed by atoms with Crippen LogP contribution >= 0.6 is 0 Å². The molecule has 21 heavy (non-hydrogen) atoms. The summed E-state index contributed by atoms with van der Waals surface area (Å²) in [5.74, 6) is 0.136. The van der Waals surface area contributed by atoms with E-state index in [1.165, 1.54) is 12.1 Å². The topological polar surface area (TPSA) is 37.4 Å². The predicted octanol–water partition coefficient (Wildman–Crippen LogP) is 2.99. The molecule has 1 aromatic rings. The van der Waals surface area contributed by atoms with Gasteiger partial charge in [-0.15, -0.1) is 6.58 Å². The van der Waals surface area contributed by atoms with Gasteiger partial charge in [0.1, 0.15) is 5.82 Å². The Morgan fingerprint density at radius 2 is 2.24 bits per heavy atom. The van der Waals surface area contributed by atoms with Gasteiger partial charge in [-0.1, -0.05) is 18.2 Å². The van der Waals surface area contributed by atoms with E-state index < -0.39 is 10.0 Å². The third-order valence-electron chi connectivity index (χ3n) is 3.93. The summed E-state index contributed by atoms with van der Waals surface area (Å²) in [4.78, 5) is 0. The highest BCUT2D eigenvalue weighted by Gasteiger charge is 2.27. The summed E-state index contributed by atoms with van der Waals surface area (Å²) in [6.45, 7) is 4.68. The van der Waals surface area contributed by atoms with E-state index in [1.807, 2.05) is 6.07 Å². The summed E-state index contributed by atoms with van der Waals surface area (Å²) >= 11 is 0. The van der Waals surface area contributed by atoms with Crippen molar-refractivity contribution in [2.24, 2.45) is 5.92 Å². The van der Waals surface area contributed by atoms with Gasteiger partial charge in [0, 0.05) is 13.1 Å². The van der Waals surface area contributed by atoms with Crippen LogP contribution in [0.5, 0.6) is 0 Å². The van der Waals surface area contributed by atoms with E-state index in [0.717, 1.165) is 31.2 Å². The minimum absolute atomic E-state index is 0.00359. The maximum absolute atomic E-state index is 13.1. The van der Waals surface area contributed by atoms with Gasteiger partial charge in [0.25, 0.3) is 0 Å². The third-order valence-corrected chi connectivity index (χ3v) is 5.71. The molecular formula is C16H22FNO2S. The van der Waals surface area contributed by atoms with Gasteiger partial charge in [-0.25, -0.2) is 17.1 Å². The van der Waals surface area contributed by atoms with Crippen LogP contribution in [0.3, 0.4) is 0 Å². The van der Waals surface area contributed by atoms with Gasteiger partial charge in [-0.05, 0) is 49.3 Å². The molecule has 0 saturated carbocycles. The molecule has 1 aromatic carbocycles. The first kappa shape index (κ1) is 16.2. The molecular weight excluding hydrogens is 289 g/mol. The molecule has 1 saturated heterocycles. The van der Waals surface area contributed by atoms with Crippen molar-refractivity contribution in [2.45, 2.75) is 25.7 Å². The van der Waals surface area contributed by atoms with E-state index >= 15 is 0 Å². The largest absolute Gasteiger partial charge is 0.217 e. The molecule has 0 unspecified atom stereocenters. The molecule has 1 heterocycles. The Labute approximate surface area is 126 Å². The van der Waals surface area contributed by atoms with Crippen LogP contribution in [-0.4, -0.2) is 31.6 Å². The number of nitrogens with zero attached hydrogens (tertiary/aromatic N) is 1. The number of sulfonamides is 1. The lowest BCUT2D eigenvalue weighted by Gasteiger charge is -2.31. The quantitative estimate of drug-likeness (QED) is 0.757. The second-order valence-corrected chi connectivity index (χ2v) is 7.62. The standard InChI is InChI=1S/C16H22FNO2S/c1-2-11-21(19,20)18-10-4-6-15(13-18)9-8-14-5-3-7-16(17)12-14/h2-3,5,7,12,15H,1,4,6,8-11,13H2/t15-/m0/s1. The predicted molar refractivity (Wildman–Crippen MR) is 83.0 cm³/mol. The fourth-order valence-electron chi connectivity index (χ4n) is 2.83. The number of rotatable bonds is 6. The van der Waals surface area contributed by atoms with Crippen LogP contribution in [0.4, 0.5) is 4.39 Å². The minimum Gasteiger partial charge on any atom is -0.212 e. The first-order valence-corrected chi connectivity index (χ1v) is 8.95. The molecule has 0 aliphatic carbocycles. The Morgan fingerprint density at radius 1 is 1.43 bits per heavy atom. The third kappa shape index (κ3) is 4.64. The number of hydrogen-bond acceptors (Lipinski definition) is 2. The Morgan fingerprint density at radius 3 is 2.95 bits per heavy atom. The van der Waals surface area contributed by atoms with E-state index in [0.29, 0.717) is 19.0 Å². The van der Waals surface area contributed by atoms with Gasteiger partial charge in [0.05, 0.1) is 5.75 Å². The van der Waals surface area contributed by atoms with Crippen LogP contribution in [-0.2, 0) is 16.4 Å².